The molecule has 0 aromatic carbocycles. The number of hydrogen-bond acceptors (Lipinski definition) is 2. The van der Waals surface area contributed by atoms with Crippen molar-refractivity contribution in [2.75, 3.05) is 6.61 Å². The van der Waals surface area contributed by atoms with Gasteiger partial charge in [0.2, 0.25) is 0 Å². The summed E-state index contributed by atoms with van der Waals surface area (Å²) < 4.78 is 0. The summed E-state index contributed by atoms with van der Waals surface area (Å²) in [6.07, 6.45) is 19.0. The molecule has 2 atom stereocenters. The molecule has 0 bridgehead atoms. The average Bonchev–Trinajstić information content (AvgIpc) is 3.20. The lowest BCUT2D eigenvalue weighted by Crippen LogP contribution is -1.95. The van der Waals surface area contributed by atoms with Crippen LogP contribution in [0.15, 0.2) is 0 Å². The first-order chi connectivity index (χ1) is 9.88. The minimum Gasteiger partial charge on any atom is -0.396 e. The number of aliphatic hydroxyl groups excluding tert-OH is 1. The molecule has 1 aliphatic rings. The van der Waals surface area contributed by atoms with E-state index in [4.69, 9.17) is 5.11 Å². The van der Waals surface area contributed by atoms with Crippen molar-refractivity contribution < 1.29 is 5.11 Å². The molecule has 0 radical (unpaired) electrons. The van der Waals surface area contributed by atoms with Gasteiger partial charge in [-0.1, -0.05) is 77.6 Å². The Labute approximate surface area is 126 Å². The highest BCUT2D eigenvalue weighted by Crippen LogP contribution is 2.23. The summed E-state index contributed by atoms with van der Waals surface area (Å²) in [6.45, 7) is 2.65. The van der Waals surface area contributed by atoms with Gasteiger partial charge in [-0.3, -0.25) is 0 Å². The van der Waals surface area contributed by atoms with Crippen molar-refractivity contribution in [2.45, 2.75) is 109 Å². The summed E-state index contributed by atoms with van der Waals surface area (Å²) in [5, 5.41) is 12.4. The Bertz CT molecular complexity index is 208. The van der Waals surface area contributed by atoms with Gasteiger partial charge >= 0.3 is 0 Å². The van der Waals surface area contributed by atoms with Crippen molar-refractivity contribution in [1.29, 1.82) is 0 Å². The molecular formula is C18H37NO. The fourth-order valence-corrected chi connectivity index (χ4v) is 3.12. The van der Waals surface area contributed by atoms with E-state index < -0.39 is 0 Å². The van der Waals surface area contributed by atoms with Crippen molar-refractivity contribution in [3.8, 4) is 0 Å². The first-order valence-electron chi connectivity index (χ1n) is 9.25. The predicted molar refractivity (Wildman–Crippen MR) is 88.1 cm³/mol. The molecule has 2 heteroatoms. The van der Waals surface area contributed by atoms with E-state index in [-0.39, 0.29) is 0 Å². The van der Waals surface area contributed by atoms with Crippen molar-refractivity contribution in [1.82, 2.24) is 5.32 Å². The molecule has 1 heterocycles. The van der Waals surface area contributed by atoms with Crippen LogP contribution in [0.5, 0.6) is 0 Å². The quantitative estimate of drug-likeness (QED) is 0.335. The smallest absolute Gasteiger partial charge is 0.0431 e. The molecule has 0 amide bonds. The van der Waals surface area contributed by atoms with Crippen LogP contribution in [0, 0.1) is 0 Å². The third-order valence-electron chi connectivity index (χ3n) is 4.60. The molecule has 0 saturated carbocycles. The number of unbranched alkanes of at least 4 members (excludes halogenated alkanes) is 10. The Morgan fingerprint density at radius 3 is 1.60 bits per heavy atom. The third-order valence-corrected chi connectivity index (χ3v) is 4.60. The zero-order chi connectivity index (χ0) is 14.5. The molecule has 2 nitrogen and oxygen atoms in total. The standard InChI is InChI=1S/C18H37NO/c1-2-3-4-5-8-11-14-17-18(19-17)15-12-9-6-7-10-13-16-20/h17-20H,2-16H2,1H3/t17-,18-/m0/s1. The van der Waals surface area contributed by atoms with Gasteiger partial charge < -0.3 is 10.4 Å². The summed E-state index contributed by atoms with van der Waals surface area (Å²) in [4.78, 5) is 0. The van der Waals surface area contributed by atoms with Crippen molar-refractivity contribution in [2.24, 2.45) is 0 Å². The van der Waals surface area contributed by atoms with Gasteiger partial charge in [0.1, 0.15) is 0 Å². The van der Waals surface area contributed by atoms with Crippen LogP contribution < -0.4 is 5.32 Å². The Kier molecular flexibility index (Phi) is 11.4. The minimum absolute atomic E-state index is 0.367. The molecule has 0 aliphatic carbocycles. The number of hydrogen-bond donors (Lipinski definition) is 2. The molecule has 120 valence electrons. The average molecular weight is 283 g/mol. The topological polar surface area (TPSA) is 42.2 Å². The maximum atomic E-state index is 8.70. The largest absolute Gasteiger partial charge is 0.396 e. The van der Waals surface area contributed by atoms with Crippen molar-refractivity contribution in [3.05, 3.63) is 0 Å². The Morgan fingerprint density at radius 2 is 1.10 bits per heavy atom. The van der Waals surface area contributed by atoms with Gasteiger partial charge in [-0.25, -0.2) is 0 Å². The summed E-state index contributed by atoms with van der Waals surface area (Å²) in [5.74, 6) is 0. The second kappa shape index (κ2) is 12.6. The van der Waals surface area contributed by atoms with Crippen LogP contribution in [-0.4, -0.2) is 23.8 Å². The van der Waals surface area contributed by atoms with Crippen LogP contribution in [0.2, 0.25) is 0 Å². The summed E-state index contributed by atoms with van der Waals surface area (Å²) in [6, 6.07) is 1.71. The second-order valence-electron chi connectivity index (χ2n) is 6.57. The Morgan fingerprint density at radius 1 is 0.650 bits per heavy atom. The molecule has 1 rings (SSSR count). The van der Waals surface area contributed by atoms with E-state index in [1.807, 2.05) is 0 Å². The van der Waals surface area contributed by atoms with Crippen LogP contribution in [0.1, 0.15) is 96.8 Å². The zero-order valence-electron chi connectivity index (χ0n) is 13.7. The van der Waals surface area contributed by atoms with E-state index in [1.54, 1.807) is 0 Å². The lowest BCUT2D eigenvalue weighted by Gasteiger charge is -2.01. The minimum atomic E-state index is 0.367. The third kappa shape index (κ3) is 9.77. The van der Waals surface area contributed by atoms with E-state index in [9.17, 15) is 0 Å². The highest BCUT2D eigenvalue weighted by Gasteiger charge is 2.33. The molecule has 0 spiro atoms. The predicted octanol–water partition coefficient (Wildman–Crippen LogP) is 4.80. The molecule has 0 aromatic rings. The number of nitrogens with one attached hydrogen (secondary N) is 1. The normalized spacial score (nSPS) is 21.3. The monoisotopic (exact) mass is 283 g/mol. The molecular weight excluding hydrogens is 246 g/mol. The molecule has 0 unspecified atom stereocenters. The van der Waals surface area contributed by atoms with E-state index in [2.05, 4.69) is 12.2 Å². The molecule has 20 heavy (non-hydrogen) atoms. The van der Waals surface area contributed by atoms with Gasteiger partial charge in [0.05, 0.1) is 0 Å². The van der Waals surface area contributed by atoms with Gasteiger partial charge in [-0.2, -0.15) is 0 Å². The SMILES string of the molecule is CCCCCCCC[C@@H]1N[C@H]1CCCCCCCCO. The maximum Gasteiger partial charge on any atom is 0.0431 e. The van der Waals surface area contributed by atoms with Gasteiger partial charge in [-0.15, -0.1) is 0 Å². The maximum absolute atomic E-state index is 8.70. The summed E-state index contributed by atoms with van der Waals surface area (Å²) >= 11 is 0. The van der Waals surface area contributed by atoms with Crippen LogP contribution in [0.4, 0.5) is 0 Å². The van der Waals surface area contributed by atoms with Gasteiger partial charge in [0, 0.05) is 18.7 Å². The summed E-state index contributed by atoms with van der Waals surface area (Å²) in [7, 11) is 0. The van der Waals surface area contributed by atoms with Crippen molar-refractivity contribution in [3.63, 3.8) is 0 Å². The molecule has 1 aliphatic heterocycles. The number of aliphatic hydroxyl groups is 1. The van der Waals surface area contributed by atoms with Gasteiger partial charge in [-0.05, 0) is 19.3 Å². The fraction of sp³-hybridized carbons (Fsp3) is 1.00. The molecule has 2 N–H and O–H groups in total. The Balaban J connectivity index is 1.75. The highest BCUT2D eigenvalue weighted by molar-refractivity contribution is 4.97. The molecule has 1 fully saturated rings. The molecule has 1 saturated heterocycles. The van der Waals surface area contributed by atoms with Crippen molar-refractivity contribution >= 4 is 0 Å². The van der Waals surface area contributed by atoms with Crippen LogP contribution in [0.3, 0.4) is 0 Å². The van der Waals surface area contributed by atoms with E-state index in [1.165, 1.54) is 83.5 Å². The van der Waals surface area contributed by atoms with Gasteiger partial charge in [0.15, 0.2) is 0 Å². The van der Waals surface area contributed by atoms with E-state index in [0.29, 0.717) is 6.61 Å². The lowest BCUT2D eigenvalue weighted by molar-refractivity contribution is 0.282. The number of rotatable bonds is 15. The molecule has 0 aromatic heterocycles. The first kappa shape index (κ1) is 18.0. The Hall–Kier alpha value is -0.0800. The van der Waals surface area contributed by atoms with Crippen LogP contribution in [-0.2, 0) is 0 Å². The van der Waals surface area contributed by atoms with Crippen LogP contribution >= 0.6 is 0 Å². The fourth-order valence-electron chi connectivity index (χ4n) is 3.12. The zero-order valence-corrected chi connectivity index (χ0v) is 13.7. The van der Waals surface area contributed by atoms with Crippen LogP contribution in [0.25, 0.3) is 0 Å². The second-order valence-corrected chi connectivity index (χ2v) is 6.57. The lowest BCUT2D eigenvalue weighted by atomic mass is 10.0. The summed E-state index contributed by atoms with van der Waals surface area (Å²) in [5.41, 5.74) is 0. The first-order valence-corrected chi connectivity index (χ1v) is 9.25. The van der Waals surface area contributed by atoms with E-state index in [0.717, 1.165) is 18.5 Å². The van der Waals surface area contributed by atoms with E-state index >= 15 is 0 Å². The highest BCUT2D eigenvalue weighted by atomic mass is 16.2. The van der Waals surface area contributed by atoms with Gasteiger partial charge in [0.25, 0.3) is 0 Å².